The van der Waals surface area contributed by atoms with E-state index in [0.29, 0.717) is 59.8 Å². The van der Waals surface area contributed by atoms with Crippen LogP contribution in [0.4, 0.5) is 19.0 Å². The molecule has 168 valence electrons. The molecule has 1 fully saturated rings. The summed E-state index contributed by atoms with van der Waals surface area (Å²) in [5.41, 5.74) is -0.0694. The first-order valence-corrected chi connectivity index (χ1v) is 10.4. The summed E-state index contributed by atoms with van der Waals surface area (Å²) in [6.45, 7) is 3.96. The fourth-order valence-corrected chi connectivity index (χ4v) is 4.06. The standard InChI is InChI=1S/C21H20F3N5O2S/c1-2-29-19(31)15-5-3-13(11-16(15)26-20(29)32)18(30)28-9-7-27(8-10-28)17-6-4-14(12-25-17)21(22,23)24/h3-6,11-12H,2,7-10H2,1H3,(H,26,32). The number of hydrogen-bond donors (Lipinski definition) is 1. The summed E-state index contributed by atoms with van der Waals surface area (Å²) in [5, 5.41) is 0.454. The highest BCUT2D eigenvalue weighted by Gasteiger charge is 2.31. The molecule has 0 radical (unpaired) electrons. The number of pyridine rings is 1. The number of H-pyrrole nitrogens is 1. The molecular weight excluding hydrogens is 443 g/mol. The summed E-state index contributed by atoms with van der Waals surface area (Å²) in [6.07, 6.45) is -3.61. The second-order valence-electron chi connectivity index (χ2n) is 7.42. The molecule has 7 nitrogen and oxygen atoms in total. The van der Waals surface area contributed by atoms with Crippen LogP contribution >= 0.6 is 12.2 Å². The second kappa shape index (κ2) is 8.38. The van der Waals surface area contributed by atoms with Crippen LogP contribution in [0, 0.1) is 4.77 Å². The smallest absolute Gasteiger partial charge is 0.353 e. The van der Waals surface area contributed by atoms with Crippen molar-refractivity contribution < 1.29 is 18.0 Å². The zero-order valence-corrected chi connectivity index (χ0v) is 18.0. The van der Waals surface area contributed by atoms with Crippen molar-refractivity contribution in [1.29, 1.82) is 0 Å². The predicted molar refractivity (Wildman–Crippen MR) is 116 cm³/mol. The molecule has 1 aliphatic rings. The number of aromatic nitrogens is 3. The van der Waals surface area contributed by atoms with Crippen LogP contribution in [0.15, 0.2) is 41.3 Å². The van der Waals surface area contributed by atoms with Gasteiger partial charge in [-0.1, -0.05) is 0 Å². The molecule has 1 aliphatic heterocycles. The van der Waals surface area contributed by atoms with E-state index in [9.17, 15) is 22.8 Å². The zero-order chi connectivity index (χ0) is 23.0. The molecule has 2 aromatic heterocycles. The van der Waals surface area contributed by atoms with Gasteiger partial charge in [-0.15, -0.1) is 0 Å². The fourth-order valence-electron chi connectivity index (χ4n) is 3.74. The number of piperazine rings is 1. The second-order valence-corrected chi connectivity index (χ2v) is 7.81. The summed E-state index contributed by atoms with van der Waals surface area (Å²) in [4.78, 5) is 35.9. The normalized spacial score (nSPS) is 14.8. The van der Waals surface area contributed by atoms with Crippen LogP contribution in [0.1, 0.15) is 22.8 Å². The lowest BCUT2D eigenvalue weighted by Gasteiger charge is -2.35. The summed E-state index contributed by atoms with van der Waals surface area (Å²) >= 11 is 5.23. The van der Waals surface area contributed by atoms with Gasteiger partial charge in [-0.25, -0.2) is 4.98 Å². The quantitative estimate of drug-likeness (QED) is 0.603. The van der Waals surface area contributed by atoms with E-state index in [1.807, 2.05) is 11.8 Å². The minimum Gasteiger partial charge on any atom is -0.353 e. The molecule has 3 aromatic rings. The molecule has 11 heteroatoms. The first-order chi connectivity index (χ1) is 15.2. The van der Waals surface area contributed by atoms with Gasteiger partial charge in [0.15, 0.2) is 4.77 Å². The van der Waals surface area contributed by atoms with Gasteiger partial charge >= 0.3 is 6.18 Å². The molecule has 0 atom stereocenters. The highest BCUT2D eigenvalue weighted by atomic mass is 32.1. The van der Waals surface area contributed by atoms with E-state index in [1.165, 1.54) is 10.6 Å². The molecule has 4 rings (SSSR count). The summed E-state index contributed by atoms with van der Waals surface area (Å²) in [5.74, 6) is 0.251. The molecule has 0 spiro atoms. The van der Waals surface area contributed by atoms with E-state index in [0.717, 1.165) is 12.3 Å². The van der Waals surface area contributed by atoms with Crippen molar-refractivity contribution in [2.45, 2.75) is 19.6 Å². The number of nitrogens with one attached hydrogen (secondary N) is 1. The number of halogens is 3. The Morgan fingerprint density at radius 2 is 1.88 bits per heavy atom. The summed E-state index contributed by atoms with van der Waals surface area (Å²) in [6, 6.07) is 7.20. The first kappa shape index (κ1) is 22.0. The molecule has 32 heavy (non-hydrogen) atoms. The maximum absolute atomic E-state index is 13.0. The van der Waals surface area contributed by atoms with Crippen molar-refractivity contribution in [2.24, 2.45) is 0 Å². The lowest BCUT2D eigenvalue weighted by molar-refractivity contribution is -0.137. The molecule has 1 amide bonds. The number of amides is 1. The van der Waals surface area contributed by atoms with Gasteiger partial charge in [0.25, 0.3) is 11.5 Å². The zero-order valence-electron chi connectivity index (χ0n) is 17.1. The van der Waals surface area contributed by atoms with Crippen molar-refractivity contribution in [3.63, 3.8) is 0 Å². The minimum atomic E-state index is -4.43. The summed E-state index contributed by atoms with van der Waals surface area (Å²) in [7, 11) is 0. The van der Waals surface area contributed by atoms with Crippen LogP contribution in [0.25, 0.3) is 10.9 Å². The highest BCUT2D eigenvalue weighted by molar-refractivity contribution is 7.71. The van der Waals surface area contributed by atoms with Crippen LogP contribution in [-0.2, 0) is 12.7 Å². The van der Waals surface area contributed by atoms with Gasteiger partial charge in [0.05, 0.1) is 16.5 Å². The maximum Gasteiger partial charge on any atom is 0.417 e. The lowest BCUT2D eigenvalue weighted by atomic mass is 10.1. The Balaban J connectivity index is 1.48. The van der Waals surface area contributed by atoms with E-state index in [2.05, 4.69) is 9.97 Å². The van der Waals surface area contributed by atoms with Gasteiger partial charge in [0.1, 0.15) is 5.82 Å². The Bertz CT molecular complexity index is 1280. The van der Waals surface area contributed by atoms with Gasteiger partial charge in [-0.05, 0) is 49.5 Å². The summed E-state index contributed by atoms with van der Waals surface area (Å²) < 4.78 is 39.9. The van der Waals surface area contributed by atoms with Crippen LogP contribution in [-0.4, -0.2) is 51.5 Å². The molecule has 0 unspecified atom stereocenters. The van der Waals surface area contributed by atoms with E-state index >= 15 is 0 Å². The SMILES string of the molecule is CCn1c(=S)[nH]c2cc(C(=O)N3CCN(c4ccc(C(F)(F)F)cn4)CC3)ccc2c1=O. The van der Waals surface area contributed by atoms with Crippen molar-refractivity contribution in [3.8, 4) is 0 Å². The Hall–Kier alpha value is -3.21. The van der Waals surface area contributed by atoms with Gasteiger partial charge < -0.3 is 14.8 Å². The fraction of sp³-hybridized carbons (Fsp3) is 0.333. The van der Waals surface area contributed by atoms with Crippen molar-refractivity contribution in [1.82, 2.24) is 19.4 Å². The van der Waals surface area contributed by atoms with Crippen molar-refractivity contribution >= 4 is 34.8 Å². The Labute approximate surface area is 186 Å². The number of alkyl halides is 3. The Morgan fingerprint density at radius 1 is 1.16 bits per heavy atom. The number of carbonyl (C=O) groups excluding carboxylic acids is 1. The third-order valence-corrected chi connectivity index (χ3v) is 5.83. The molecule has 1 aromatic carbocycles. The average molecular weight is 463 g/mol. The first-order valence-electron chi connectivity index (χ1n) is 10.0. The minimum absolute atomic E-state index is 0.189. The number of carbonyl (C=O) groups is 1. The average Bonchev–Trinajstić information content (AvgIpc) is 2.78. The Kier molecular flexibility index (Phi) is 5.76. The molecule has 0 aliphatic carbocycles. The third kappa shape index (κ3) is 4.12. The Morgan fingerprint density at radius 3 is 2.47 bits per heavy atom. The van der Waals surface area contributed by atoms with Crippen LogP contribution in [0.2, 0.25) is 0 Å². The van der Waals surface area contributed by atoms with Crippen LogP contribution in [0.3, 0.4) is 0 Å². The topological polar surface area (TPSA) is 74.2 Å². The lowest BCUT2D eigenvalue weighted by Crippen LogP contribution is -2.49. The number of benzene rings is 1. The van der Waals surface area contributed by atoms with Crippen molar-refractivity contribution in [3.05, 3.63) is 62.8 Å². The van der Waals surface area contributed by atoms with E-state index in [-0.39, 0.29) is 11.5 Å². The monoisotopic (exact) mass is 463 g/mol. The van der Waals surface area contributed by atoms with Gasteiger partial charge in [0.2, 0.25) is 0 Å². The van der Waals surface area contributed by atoms with Crippen LogP contribution in [0.5, 0.6) is 0 Å². The number of fused-ring (bicyclic) bond motifs is 1. The molecule has 0 saturated carbocycles. The largest absolute Gasteiger partial charge is 0.417 e. The number of nitrogens with zero attached hydrogens (tertiary/aromatic N) is 4. The van der Waals surface area contributed by atoms with Crippen molar-refractivity contribution in [2.75, 3.05) is 31.1 Å². The molecule has 3 heterocycles. The van der Waals surface area contributed by atoms with Gasteiger partial charge in [-0.3, -0.25) is 14.2 Å². The van der Waals surface area contributed by atoms with E-state index in [4.69, 9.17) is 12.2 Å². The highest BCUT2D eigenvalue weighted by Crippen LogP contribution is 2.29. The molecule has 0 bridgehead atoms. The number of hydrogen-bond acceptors (Lipinski definition) is 5. The van der Waals surface area contributed by atoms with E-state index in [1.54, 1.807) is 23.1 Å². The van der Waals surface area contributed by atoms with E-state index < -0.39 is 11.7 Å². The predicted octanol–water partition coefficient (Wildman–Crippen LogP) is 3.46. The molecule has 1 N–H and O–H groups in total. The molecule has 1 saturated heterocycles. The maximum atomic E-state index is 13.0. The molecular formula is C21H20F3N5O2S. The number of rotatable bonds is 3. The van der Waals surface area contributed by atoms with Gasteiger partial charge in [0, 0.05) is 44.5 Å². The third-order valence-electron chi connectivity index (χ3n) is 5.51. The van der Waals surface area contributed by atoms with Crippen LogP contribution < -0.4 is 10.5 Å². The number of anilines is 1. The number of aromatic amines is 1. The van der Waals surface area contributed by atoms with Gasteiger partial charge in [-0.2, -0.15) is 13.2 Å².